The van der Waals surface area contributed by atoms with E-state index in [0.29, 0.717) is 5.82 Å². The lowest BCUT2D eigenvalue weighted by Gasteiger charge is -2.38. The van der Waals surface area contributed by atoms with Crippen LogP contribution < -0.4 is 0 Å². The summed E-state index contributed by atoms with van der Waals surface area (Å²) in [7, 11) is 0. The van der Waals surface area contributed by atoms with Crippen molar-refractivity contribution < 1.29 is 9.26 Å². The number of nitrogens with zero attached hydrogens (tertiary/aromatic N) is 5. The van der Waals surface area contributed by atoms with E-state index in [1.54, 1.807) is 6.20 Å². The molecule has 0 N–H and O–H groups in total. The monoisotopic (exact) mass is 371 g/mol. The maximum absolute atomic E-state index is 5.63. The highest BCUT2D eigenvalue weighted by molar-refractivity contribution is 5.47. The first-order valence-electron chi connectivity index (χ1n) is 9.90. The third-order valence-electron chi connectivity index (χ3n) is 5.37. The Morgan fingerprint density at radius 2 is 2.00 bits per heavy atom. The summed E-state index contributed by atoms with van der Waals surface area (Å²) < 4.78 is 11.1. The van der Waals surface area contributed by atoms with E-state index in [4.69, 9.17) is 9.26 Å². The smallest absolute Gasteiger partial charge is 0.244 e. The molecule has 0 amide bonds. The molecule has 0 aromatic carbocycles. The Morgan fingerprint density at radius 1 is 1.15 bits per heavy atom. The van der Waals surface area contributed by atoms with Crippen LogP contribution in [0.1, 0.15) is 38.6 Å². The number of hydrogen-bond donors (Lipinski definition) is 0. The Hall–Kier alpha value is -1.83. The zero-order valence-corrected chi connectivity index (χ0v) is 16.3. The van der Waals surface area contributed by atoms with Crippen LogP contribution in [0.5, 0.6) is 0 Å². The van der Waals surface area contributed by atoms with Gasteiger partial charge in [0.2, 0.25) is 11.7 Å². The molecule has 4 heterocycles. The molecular weight excluding hydrogens is 342 g/mol. The number of morpholine rings is 1. The van der Waals surface area contributed by atoms with E-state index in [2.05, 4.69) is 38.8 Å². The lowest BCUT2D eigenvalue weighted by molar-refractivity contribution is 0.0133. The number of hydrogen-bond acceptors (Lipinski definition) is 7. The van der Waals surface area contributed by atoms with E-state index in [0.717, 1.165) is 63.9 Å². The Morgan fingerprint density at radius 3 is 2.78 bits per heavy atom. The van der Waals surface area contributed by atoms with Crippen LogP contribution in [0.15, 0.2) is 28.9 Å². The van der Waals surface area contributed by atoms with Crippen molar-refractivity contribution in [3.05, 3.63) is 30.3 Å². The van der Waals surface area contributed by atoms with E-state index in [1.165, 1.54) is 6.42 Å². The van der Waals surface area contributed by atoms with Gasteiger partial charge in [-0.05, 0) is 36.9 Å². The maximum Gasteiger partial charge on any atom is 0.244 e. The molecule has 0 bridgehead atoms. The first kappa shape index (κ1) is 18.5. The molecular formula is C20H29N5O2. The molecule has 1 atom stereocenters. The number of pyridine rings is 1. The molecule has 146 valence electrons. The third kappa shape index (κ3) is 4.54. The van der Waals surface area contributed by atoms with Gasteiger partial charge >= 0.3 is 0 Å². The zero-order valence-electron chi connectivity index (χ0n) is 16.3. The summed E-state index contributed by atoms with van der Waals surface area (Å²) >= 11 is 0. The van der Waals surface area contributed by atoms with Crippen molar-refractivity contribution in [2.24, 2.45) is 5.41 Å². The molecule has 4 rings (SSSR count). The SMILES string of the molecule is CC(C)(CN1CCOCC1)CN1CCC[C@H]1c1nc(-c2ccccn2)no1. The summed E-state index contributed by atoms with van der Waals surface area (Å²) in [6.07, 6.45) is 3.98. The minimum atomic E-state index is 0.198. The van der Waals surface area contributed by atoms with Crippen molar-refractivity contribution >= 4 is 0 Å². The van der Waals surface area contributed by atoms with Crippen molar-refractivity contribution in [1.29, 1.82) is 0 Å². The van der Waals surface area contributed by atoms with Gasteiger partial charge in [0.25, 0.3) is 0 Å². The van der Waals surface area contributed by atoms with Crippen molar-refractivity contribution in [3.8, 4) is 11.5 Å². The molecule has 0 radical (unpaired) electrons. The standard InChI is InChI=1S/C20H29N5O2/c1-20(2,14-24-10-12-26-13-11-24)15-25-9-5-7-17(25)19-22-18(23-27-19)16-6-3-4-8-21-16/h3-4,6,8,17H,5,7,9-15H2,1-2H3/t17-/m0/s1. The van der Waals surface area contributed by atoms with Crippen LogP contribution in [-0.4, -0.2) is 70.9 Å². The zero-order chi connectivity index (χ0) is 18.7. The van der Waals surface area contributed by atoms with Gasteiger partial charge < -0.3 is 9.26 Å². The highest BCUT2D eigenvalue weighted by Gasteiger charge is 2.35. The Balaban J connectivity index is 1.42. The lowest BCUT2D eigenvalue weighted by atomic mass is 9.91. The average molecular weight is 371 g/mol. The van der Waals surface area contributed by atoms with Gasteiger partial charge in [0.05, 0.1) is 19.3 Å². The van der Waals surface area contributed by atoms with Gasteiger partial charge in [0.15, 0.2) is 0 Å². The predicted molar refractivity (Wildman–Crippen MR) is 102 cm³/mol. The summed E-state index contributed by atoms with van der Waals surface area (Å²) in [6, 6.07) is 5.94. The van der Waals surface area contributed by atoms with Gasteiger partial charge in [-0.3, -0.25) is 14.8 Å². The number of ether oxygens (including phenoxy) is 1. The molecule has 0 aliphatic carbocycles. The molecule has 0 unspecified atom stereocenters. The molecule has 2 aliphatic rings. The highest BCUT2D eigenvalue weighted by atomic mass is 16.5. The molecule has 2 fully saturated rings. The number of aromatic nitrogens is 3. The van der Waals surface area contributed by atoms with Crippen molar-refractivity contribution in [2.45, 2.75) is 32.7 Å². The van der Waals surface area contributed by atoms with Crippen LogP contribution in [0, 0.1) is 5.41 Å². The molecule has 2 saturated heterocycles. The van der Waals surface area contributed by atoms with Crippen LogP contribution in [0.3, 0.4) is 0 Å². The first-order valence-corrected chi connectivity index (χ1v) is 9.90. The van der Waals surface area contributed by atoms with Crippen LogP contribution in [0.4, 0.5) is 0 Å². The number of rotatable bonds is 6. The molecule has 7 nitrogen and oxygen atoms in total. The fourth-order valence-electron chi connectivity index (χ4n) is 4.23. The molecule has 2 aromatic heterocycles. The lowest BCUT2D eigenvalue weighted by Crippen LogP contribution is -2.46. The highest BCUT2D eigenvalue weighted by Crippen LogP contribution is 2.34. The van der Waals surface area contributed by atoms with Crippen molar-refractivity contribution in [2.75, 3.05) is 45.9 Å². The minimum Gasteiger partial charge on any atom is -0.379 e. The van der Waals surface area contributed by atoms with Gasteiger partial charge in [-0.2, -0.15) is 4.98 Å². The fraction of sp³-hybridized carbons (Fsp3) is 0.650. The second-order valence-corrected chi connectivity index (χ2v) is 8.35. The Labute approximate surface area is 160 Å². The molecule has 0 spiro atoms. The third-order valence-corrected chi connectivity index (χ3v) is 5.37. The summed E-state index contributed by atoms with van der Waals surface area (Å²) in [4.78, 5) is 14.0. The van der Waals surface area contributed by atoms with Gasteiger partial charge in [0, 0.05) is 32.4 Å². The van der Waals surface area contributed by atoms with Crippen LogP contribution in [-0.2, 0) is 4.74 Å². The van der Waals surface area contributed by atoms with E-state index < -0.39 is 0 Å². The van der Waals surface area contributed by atoms with E-state index in [9.17, 15) is 0 Å². The second kappa shape index (κ2) is 8.04. The van der Waals surface area contributed by atoms with Gasteiger partial charge in [0.1, 0.15) is 5.69 Å². The molecule has 2 aliphatic heterocycles. The fourth-order valence-corrected chi connectivity index (χ4v) is 4.23. The van der Waals surface area contributed by atoms with Crippen LogP contribution >= 0.6 is 0 Å². The Bertz CT molecular complexity index is 727. The van der Waals surface area contributed by atoms with Crippen molar-refractivity contribution in [1.82, 2.24) is 24.9 Å². The summed E-state index contributed by atoms with van der Waals surface area (Å²) in [5.41, 5.74) is 0.953. The summed E-state index contributed by atoms with van der Waals surface area (Å²) in [5.74, 6) is 1.29. The average Bonchev–Trinajstić information content (AvgIpc) is 3.31. The van der Waals surface area contributed by atoms with Gasteiger partial charge in [-0.25, -0.2) is 0 Å². The van der Waals surface area contributed by atoms with Crippen molar-refractivity contribution in [3.63, 3.8) is 0 Å². The second-order valence-electron chi connectivity index (χ2n) is 8.35. The predicted octanol–water partition coefficient (Wildman–Crippen LogP) is 2.63. The van der Waals surface area contributed by atoms with Gasteiger partial charge in [-0.1, -0.05) is 25.1 Å². The first-order chi connectivity index (χ1) is 13.1. The largest absolute Gasteiger partial charge is 0.379 e. The topological polar surface area (TPSA) is 67.5 Å². The summed E-state index contributed by atoms with van der Waals surface area (Å²) in [6.45, 7) is 11.7. The van der Waals surface area contributed by atoms with E-state index >= 15 is 0 Å². The number of likely N-dealkylation sites (tertiary alicyclic amines) is 1. The quantitative estimate of drug-likeness (QED) is 0.773. The molecule has 7 heteroatoms. The summed E-state index contributed by atoms with van der Waals surface area (Å²) in [5, 5.41) is 4.16. The minimum absolute atomic E-state index is 0.198. The van der Waals surface area contributed by atoms with Gasteiger partial charge in [-0.15, -0.1) is 0 Å². The van der Waals surface area contributed by atoms with Crippen LogP contribution in [0.25, 0.3) is 11.5 Å². The molecule has 2 aromatic rings. The normalized spacial score (nSPS) is 22.4. The van der Waals surface area contributed by atoms with E-state index in [1.807, 2.05) is 18.2 Å². The maximum atomic E-state index is 5.63. The van der Waals surface area contributed by atoms with E-state index in [-0.39, 0.29) is 11.5 Å². The Kier molecular flexibility index (Phi) is 5.52. The van der Waals surface area contributed by atoms with Crippen LogP contribution in [0.2, 0.25) is 0 Å². The molecule has 0 saturated carbocycles. The molecule has 27 heavy (non-hydrogen) atoms.